The number of rotatable bonds is 15. The maximum atomic E-state index is 11.2. The lowest BCUT2D eigenvalue weighted by Gasteiger charge is -2.19. The van der Waals surface area contributed by atoms with Crippen LogP contribution in [0.1, 0.15) is 96.6 Å². The van der Waals surface area contributed by atoms with E-state index in [4.69, 9.17) is 0 Å². The zero-order valence-corrected chi connectivity index (χ0v) is 19.9. The highest BCUT2D eigenvalue weighted by molar-refractivity contribution is 5.73. The van der Waals surface area contributed by atoms with Crippen LogP contribution in [0.5, 0.6) is 17.2 Å². The first-order valence-electron chi connectivity index (χ1n) is 11.5. The van der Waals surface area contributed by atoms with Gasteiger partial charge in [-0.2, -0.15) is 0 Å². The van der Waals surface area contributed by atoms with E-state index in [-0.39, 0.29) is 17.2 Å². The van der Waals surface area contributed by atoms with E-state index in [9.17, 15) is 35.1 Å². The Hall–Kier alpha value is -2.44. The molecule has 0 aliphatic heterocycles. The Morgan fingerprint density at radius 3 is 1.53 bits per heavy atom. The van der Waals surface area contributed by atoms with Crippen molar-refractivity contribution in [2.45, 2.75) is 98.3 Å². The van der Waals surface area contributed by atoms with Crippen molar-refractivity contribution in [3.8, 4) is 17.2 Å². The average molecular weight is 453 g/mol. The highest BCUT2D eigenvalue weighted by Gasteiger charge is 2.27. The Morgan fingerprint density at radius 1 is 0.656 bits per heavy atom. The van der Waals surface area contributed by atoms with Crippen molar-refractivity contribution in [3.05, 3.63) is 17.2 Å². The van der Waals surface area contributed by atoms with E-state index >= 15 is 0 Å². The van der Waals surface area contributed by atoms with Crippen molar-refractivity contribution in [1.82, 2.24) is 0 Å². The van der Waals surface area contributed by atoms with Gasteiger partial charge in [-0.15, -0.1) is 0 Å². The number of carboxylic acids is 2. The maximum Gasteiger partial charge on any atom is 0.309 e. The molecule has 0 aliphatic rings. The topological polar surface area (TPSA) is 135 Å². The zero-order chi connectivity index (χ0) is 24.5. The monoisotopic (exact) mass is 452 g/mol. The fraction of sp³-hybridized carbons (Fsp3) is 0.680. The van der Waals surface area contributed by atoms with Gasteiger partial charge in [0.25, 0.3) is 0 Å². The molecule has 1 rings (SSSR count). The van der Waals surface area contributed by atoms with Gasteiger partial charge in [0.1, 0.15) is 5.75 Å². The van der Waals surface area contributed by atoms with Crippen LogP contribution in [0.3, 0.4) is 0 Å². The van der Waals surface area contributed by atoms with E-state index in [2.05, 4.69) is 0 Å². The fourth-order valence-corrected chi connectivity index (χ4v) is 3.77. The van der Waals surface area contributed by atoms with Gasteiger partial charge in [-0.05, 0) is 66.2 Å². The van der Waals surface area contributed by atoms with Crippen LogP contribution in [0.4, 0.5) is 0 Å². The Morgan fingerprint density at radius 2 is 1.06 bits per heavy atom. The van der Waals surface area contributed by atoms with E-state index in [0.29, 0.717) is 43.2 Å². The molecule has 0 heterocycles. The first-order chi connectivity index (χ1) is 14.8. The number of unbranched alkanes of at least 4 members (excludes halogenated alkanes) is 5. The van der Waals surface area contributed by atoms with Crippen molar-refractivity contribution >= 4 is 11.9 Å². The number of phenolic OH excluding ortho intramolecular Hbond substituents is 3. The fourth-order valence-electron chi connectivity index (χ4n) is 3.77. The second-order valence-electron chi connectivity index (χ2n) is 10.1. The largest absolute Gasteiger partial charge is 0.508 e. The predicted molar refractivity (Wildman–Crippen MR) is 123 cm³/mol. The normalized spacial score (nSPS) is 12.1. The standard InChI is InChI=1S/C25H40O7/c1-24(2,22(29)30)14-10-6-5-8-12-17-18(21(28)20(27)16-19(17)26)13-9-7-11-15-25(3,4)23(31)32/h16,26-28H,5-15H2,1-4H3,(H,29,30)(H,31,32). The molecule has 0 aliphatic carbocycles. The number of aliphatic carboxylic acids is 2. The highest BCUT2D eigenvalue weighted by atomic mass is 16.4. The third kappa shape index (κ3) is 8.24. The van der Waals surface area contributed by atoms with Gasteiger partial charge in [0, 0.05) is 17.2 Å². The molecule has 0 bridgehead atoms. The van der Waals surface area contributed by atoms with Gasteiger partial charge in [0.05, 0.1) is 10.8 Å². The minimum Gasteiger partial charge on any atom is -0.508 e. The molecule has 0 fully saturated rings. The molecule has 0 saturated carbocycles. The summed E-state index contributed by atoms with van der Waals surface area (Å²) in [5, 5.41) is 49.0. The van der Waals surface area contributed by atoms with Crippen LogP contribution in [0.25, 0.3) is 0 Å². The van der Waals surface area contributed by atoms with Gasteiger partial charge >= 0.3 is 11.9 Å². The van der Waals surface area contributed by atoms with Crippen LogP contribution in [0.15, 0.2) is 6.07 Å². The average Bonchev–Trinajstić information content (AvgIpc) is 2.69. The summed E-state index contributed by atoms with van der Waals surface area (Å²) < 4.78 is 0. The van der Waals surface area contributed by atoms with E-state index < -0.39 is 22.8 Å². The molecular formula is C25H40O7. The second kappa shape index (κ2) is 12.0. The number of aromatic hydroxyl groups is 3. The summed E-state index contributed by atoms with van der Waals surface area (Å²) in [6.07, 6.45) is 7.81. The maximum absolute atomic E-state index is 11.2. The van der Waals surface area contributed by atoms with Crippen LogP contribution >= 0.6 is 0 Å². The molecule has 0 aromatic heterocycles. The molecule has 32 heavy (non-hydrogen) atoms. The number of hydrogen-bond acceptors (Lipinski definition) is 5. The number of hydrogen-bond donors (Lipinski definition) is 5. The molecule has 182 valence electrons. The minimum atomic E-state index is -0.818. The third-order valence-corrected chi connectivity index (χ3v) is 6.34. The van der Waals surface area contributed by atoms with Gasteiger partial charge in [0.2, 0.25) is 0 Å². The van der Waals surface area contributed by atoms with Crippen molar-refractivity contribution < 1.29 is 35.1 Å². The molecule has 1 aromatic carbocycles. The molecule has 7 nitrogen and oxygen atoms in total. The van der Waals surface area contributed by atoms with Gasteiger partial charge in [-0.25, -0.2) is 0 Å². The van der Waals surface area contributed by atoms with E-state index in [1.54, 1.807) is 27.7 Å². The van der Waals surface area contributed by atoms with Crippen molar-refractivity contribution in [3.63, 3.8) is 0 Å². The third-order valence-electron chi connectivity index (χ3n) is 6.34. The number of benzene rings is 1. The molecule has 0 amide bonds. The van der Waals surface area contributed by atoms with Gasteiger partial charge in [-0.1, -0.05) is 32.1 Å². The minimum absolute atomic E-state index is 0.0330. The Bertz CT molecular complexity index is 781. The summed E-state index contributed by atoms with van der Waals surface area (Å²) in [5.41, 5.74) is -0.312. The molecule has 0 saturated heterocycles. The molecule has 0 radical (unpaired) electrons. The summed E-state index contributed by atoms with van der Waals surface area (Å²) in [4.78, 5) is 22.4. The van der Waals surface area contributed by atoms with Gasteiger partial charge in [-0.3, -0.25) is 9.59 Å². The molecule has 1 aromatic rings. The Kier molecular flexibility index (Phi) is 10.3. The van der Waals surface area contributed by atoms with Crippen molar-refractivity contribution in [2.75, 3.05) is 0 Å². The molecular weight excluding hydrogens is 412 g/mol. The highest BCUT2D eigenvalue weighted by Crippen LogP contribution is 2.39. The van der Waals surface area contributed by atoms with Crippen LogP contribution in [-0.2, 0) is 22.4 Å². The van der Waals surface area contributed by atoms with E-state index in [1.165, 1.54) is 6.07 Å². The van der Waals surface area contributed by atoms with Crippen LogP contribution < -0.4 is 0 Å². The summed E-state index contributed by atoms with van der Waals surface area (Å²) in [7, 11) is 0. The lowest BCUT2D eigenvalue weighted by atomic mass is 9.86. The smallest absolute Gasteiger partial charge is 0.309 e. The quantitative estimate of drug-likeness (QED) is 0.132. The molecule has 0 atom stereocenters. The van der Waals surface area contributed by atoms with Crippen LogP contribution in [0, 0.1) is 10.8 Å². The van der Waals surface area contributed by atoms with E-state index in [0.717, 1.165) is 38.5 Å². The summed E-state index contributed by atoms with van der Waals surface area (Å²) in [6, 6.07) is 1.17. The zero-order valence-electron chi connectivity index (χ0n) is 19.9. The van der Waals surface area contributed by atoms with Crippen LogP contribution in [-0.4, -0.2) is 37.5 Å². The lowest BCUT2D eigenvalue weighted by Crippen LogP contribution is -2.23. The molecule has 0 unspecified atom stereocenters. The lowest BCUT2D eigenvalue weighted by molar-refractivity contribution is -0.148. The number of carbonyl (C=O) groups is 2. The van der Waals surface area contributed by atoms with Gasteiger partial charge in [0.15, 0.2) is 11.5 Å². The molecule has 5 N–H and O–H groups in total. The SMILES string of the molecule is CC(C)(CCCCCCc1c(O)cc(O)c(O)c1CCCCCC(C)(C)C(=O)O)C(=O)O. The van der Waals surface area contributed by atoms with E-state index in [1.807, 2.05) is 0 Å². The Balaban J connectivity index is 2.60. The van der Waals surface area contributed by atoms with Gasteiger partial charge < -0.3 is 25.5 Å². The predicted octanol–water partition coefficient (Wildman–Crippen LogP) is 5.62. The summed E-state index contributed by atoms with van der Waals surface area (Å²) in [6.45, 7) is 6.85. The van der Waals surface area contributed by atoms with Crippen molar-refractivity contribution in [2.24, 2.45) is 10.8 Å². The van der Waals surface area contributed by atoms with Crippen LogP contribution in [0.2, 0.25) is 0 Å². The Labute approximate surface area is 191 Å². The molecule has 0 spiro atoms. The number of carboxylic acid groups (broad SMARTS) is 2. The number of phenols is 3. The first-order valence-corrected chi connectivity index (χ1v) is 11.5. The van der Waals surface area contributed by atoms with Crippen molar-refractivity contribution in [1.29, 1.82) is 0 Å². The molecule has 7 heteroatoms. The first kappa shape index (κ1) is 27.6. The summed E-state index contributed by atoms with van der Waals surface area (Å²) >= 11 is 0. The second-order valence-corrected chi connectivity index (χ2v) is 10.1. The summed E-state index contributed by atoms with van der Waals surface area (Å²) in [5.74, 6) is -2.19.